The summed E-state index contributed by atoms with van der Waals surface area (Å²) in [7, 11) is -2.04. The third-order valence-electron chi connectivity index (χ3n) is 3.08. The topological polar surface area (TPSA) is 42.3 Å². The molecule has 0 N–H and O–H groups in total. The zero-order valence-corrected chi connectivity index (χ0v) is 10.3. The zero-order chi connectivity index (χ0) is 11.7. The van der Waals surface area contributed by atoms with Gasteiger partial charge in [-0.2, -0.15) is 4.36 Å². The largest absolute Gasteiger partial charge is 0.249 e. The third kappa shape index (κ3) is 2.05. The van der Waals surface area contributed by atoms with Crippen molar-refractivity contribution >= 4 is 26.3 Å². The monoisotopic (exact) mass is 246 g/mol. The molecule has 1 aliphatic rings. The fraction of sp³-hybridized carbons (Fsp3) is 0.308. The van der Waals surface area contributed by atoms with Crippen LogP contribution in [0.1, 0.15) is 12.8 Å². The van der Waals surface area contributed by atoms with Crippen LogP contribution in [0.25, 0.3) is 10.8 Å². The van der Waals surface area contributed by atoms with E-state index in [4.69, 9.17) is 0 Å². The average molecular weight is 246 g/mol. The van der Waals surface area contributed by atoms with Crippen LogP contribution in [0.4, 0.5) is 5.82 Å². The van der Waals surface area contributed by atoms with Crippen molar-refractivity contribution in [2.24, 2.45) is 4.36 Å². The summed E-state index contributed by atoms with van der Waals surface area (Å²) in [5.41, 5.74) is 0. The van der Waals surface area contributed by atoms with Crippen molar-refractivity contribution in [1.29, 1.82) is 0 Å². The lowest BCUT2D eigenvalue weighted by atomic mass is 10.2. The Morgan fingerprint density at radius 2 is 1.88 bits per heavy atom. The van der Waals surface area contributed by atoms with Crippen LogP contribution in [0.3, 0.4) is 0 Å². The van der Waals surface area contributed by atoms with E-state index in [1.165, 1.54) is 0 Å². The summed E-state index contributed by atoms with van der Waals surface area (Å²) in [6.07, 6.45) is 3.78. The van der Waals surface area contributed by atoms with Gasteiger partial charge in [-0.25, -0.2) is 9.19 Å². The first-order valence-electron chi connectivity index (χ1n) is 5.83. The van der Waals surface area contributed by atoms with Crippen molar-refractivity contribution in [3.05, 3.63) is 36.5 Å². The molecule has 1 aliphatic heterocycles. The van der Waals surface area contributed by atoms with Crippen LogP contribution >= 0.6 is 0 Å². The highest BCUT2D eigenvalue weighted by Gasteiger charge is 2.17. The predicted octanol–water partition coefficient (Wildman–Crippen LogP) is 3.13. The second kappa shape index (κ2) is 4.11. The van der Waals surface area contributed by atoms with Gasteiger partial charge in [0.15, 0.2) is 5.82 Å². The molecule has 0 radical (unpaired) electrons. The van der Waals surface area contributed by atoms with Crippen LogP contribution in [0, 0.1) is 0 Å². The second-order valence-corrected chi connectivity index (χ2v) is 6.88. The van der Waals surface area contributed by atoms with Crippen LogP contribution in [-0.4, -0.2) is 20.7 Å². The van der Waals surface area contributed by atoms with Gasteiger partial charge in [-0.05, 0) is 24.3 Å². The molecule has 0 atom stereocenters. The van der Waals surface area contributed by atoms with Crippen molar-refractivity contribution in [2.45, 2.75) is 12.8 Å². The van der Waals surface area contributed by atoms with Crippen molar-refractivity contribution in [2.75, 3.05) is 11.5 Å². The molecule has 3 rings (SSSR count). The number of fused-ring (bicyclic) bond motifs is 1. The highest BCUT2D eigenvalue weighted by Crippen LogP contribution is 2.26. The number of pyridine rings is 1. The summed E-state index contributed by atoms with van der Waals surface area (Å²) >= 11 is 0. The predicted molar refractivity (Wildman–Crippen MR) is 70.9 cm³/mol. The van der Waals surface area contributed by atoms with Gasteiger partial charge >= 0.3 is 0 Å². The quantitative estimate of drug-likeness (QED) is 0.775. The number of benzene rings is 1. The van der Waals surface area contributed by atoms with Gasteiger partial charge in [0.1, 0.15) is 0 Å². The molecule has 1 fully saturated rings. The maximum absolute atomic E-state index is 12.4. The Balaban J connectivity index is 2.22. The molecule has 4 heteroatoms. The minimum absolute atomic E-state index is 0.634. The first kappa shape index (κ1) is 10.7. The Morgan fingerprint density at radius 3 is 2.71 bits per heavy atom. The molecule has 2 heterocycles. The van der Waals surface area contributed by atoms with E-state index in [9.17, 15) is 4.21 Å². The number of rotatable bonds is 1. The Labute approximate surface area is 101 Å². The minimum Gasteiger partial charge on any atom is -0.249 e. The van der Waals surface area contributed by atoms with E-state index in [2.05, 4.69) is 9.35 Å². The Bertz CT molecular complexity index is 655. The molecule has 0 bridgehead atoms. The Kier molecular flexibility index (Phi) is 2.59. The molecule has 1 saturated heterocycles. The highest BCUT2D eigenvalue weighted by atomic mass is 32.2. The maximum Gasteiger partial charge on any atom is 0.169 e. The van der Waals surface area contributed by atoms with Crippen LogP contribution in [0.15, 0.2) is 40.9 Å². The van der Waals surface area contributed by atoms with Gasteiger partial charge in [0.2, 0.25) is 0 Å². The molecule has 0 saturated carbocycles. The van der Waals surface area contributed by atoms with Gasteiger partial charge in [0.25, 0.3) is 0 Å². The van der Waals surface area contributed by atoms with E-state index in [-0.39, 0.29) is 0 Å². The van der Waals surface area contributed by atoms with Gasteiger partial charge in [0.05, 0.1) is 9.73 Å². The van der Waals surface area contributed by atoms with Gasteiger partial charge in [0, 0.05) is 23.1 Å². The molecule has 1 aromatic carbocycles. The lowest BCUT2D eigenvalue weighted by Gasteiger charge is -2.03. The van der Waals surface area contributed by atoms with E-state index >= 15 is 0 Å². The smallest absolute Gasteiger partial charge is 0.169 e. The lowest BCUT2D eigenvalue weighted by molar-refractivity contribution is 0.681. The second-order valence-electron chi connectivity index (χ2n) is 4.33. The summed E-state index contributed by atoms with van der Waals surface area (Å²) in [4.78, 5) is 4.27. The van der Waals surface area contributed by atoms with E-state index < -0.39 is 9.73 Å². The first-order chi connectivity index (χ1) is 8.27. The summed E-state index contributed by atoms with van der Waals surface area (Å²) in [5, 5.41) is 2.09. The fourth-order valence-electron chi connectivity index (χ4n) is 2.18. The molecule has 2 aromatic rings. The van der Waals surface area contributed by atoms with Crippen molar-refractivity contribution < 1.29 is 4.21 Å². The zero-order valence-electron chi connectivity index (χ0n) is 9.50. The van der Waals surface area contributed by atoms with E-state index in [0.29, 0.717) is 5.82 Å². The molecule has 1 aromatic heterocycles. The van der Waals surface area contributed by atoms with E-state index in [1.54, 1.807) is 6.20 Å². The number of hydrogen-bond donors (Lipinski definition) is 0. The van der Waals surface area contributed by atoms with Gasteiger partial charge in [-0.1, -0.05) is 24.3 Å². The molecule has 0 unspecified atom stereocenters. The number of aromatic nitrogens is 1. The molecule has 17 heavy (non-hydrogen) atoms. The van der Waals surface area contributed by atoms with Gasteiger partial charge in [-0.15, -0.1) is 0 Å². The molecule has 0 amide bonds. The van der Waals surface area contributed by atoms with Gasteiger partial charge in [-0.3, -0.25) is 0 Å². The molecular formula is C13H14N2OS. The highest BCUT2D eigenvalue weighted by molar-refractivity contribution is 7.93. The third-order valence-corrected chi connectivity index (χ3v) is 5.44. The SMILES string of the molecule is O=S1(=Nc2nccc3ccccc23)CCCC1. The number of nitrogens with zero attached hydrogens (tertiary/aromatic N) is 2. The normalized spacial score (nSPS) is 18.4. The van der Waals surface area contributed by atoms with Crippen molar-refractivity contribution in [3.8, 4) is 0 Å². The Hall–Kier alpha value is -1.42. The minimum atomic E-state index is -2.04. The fourth-order valence-corrected chi connectivity index (χ4v) is 4.34. The molecule has 3 nitrogen and oxygen atoms in total. The number of hydrogen-bond acceptors (Lipinski definition) is 3. The van der Waals surface area contributed by atoms with E-state index in [1.807, 2.05) is 30.3 Å². The van der Waals surface area contributed by atoms with Gasteiger partial charge < -0.3 is 0 Å². The summed E-state index contributed by atoms with van der Waals surface area (Å²) in [6.45, 7) is 0. The molecule has 0 spiro atoms. The van der Waals surface area contributed by atoms with Crippen LogP contribution in [-0.2, 0) is 9.73 Å². The maximum atomic E-state index is 12.4. The summed E-state index contributed by atoms with van der Waals surface area (Å²) < 4.78 is 16.8. The lowest BCUT2D eigenvalue weighted by Crippen LogP contribution is -2.00. The van der Waals surface area contributed by atoms with Crippen molar-refractivity contribution in [1.82, 2.24) is 4.98 Å². The summed E-state index contributed by atoms with van der Waals surface area (Å²) in [6, 6.07) is 9.91. The average Bonchev–Trinajstić information content (AvgIpc) is 2.76. The summed E-state index contributed by atoms with van der Waals surface area (Å²) in [5.74, 6) is 2.07. The molecule has 0 aliphatic carbocycles. The Morgan fingerprint density at radius 1 is 1.12 bits per heavy atom. The van der Waals surface area contributed by atoms with Crippen LogP contribution in [0.2, 0.25) is 0 Å². The first-order valence-corrected chi connectivity index (χ1v) is 7.68. The molecular weight excluding hydrogens is 232 g/mol. The van der Waals surface area contributed by atoms with Crippen LogP contribution in [0.5, 0.6) is 0 Å². The standard InChI is InChI=1S/C13H14N2OS/c16-17(9-3-4-10-17)15-13-12-6-2-1-5-11(12)7-8-14-13/h1-2,5-8H,3-4,9-10H2. The van der Waals surface area contributed by atoms with Crippen molar-refractivity contribution in [3.63, 3.8) is 0 Å². The molecule has 88 valence electrons. The van der Waals surface area contributed by atoms with Crippen LogP contribution < -0.4 is 0 Å². The van der Waals surface area contributed by atoms with E-state index in [0.717, 1.165) is 35.1 Å².